The first-order chi connectivity index (χ1) is 13.9. The van der Waals surface area contributed by atoms with Gasteiger partial charge in [-0.25, -0.2) is 9.78 Å². The Bertz CT molecular complexity index is 1130. The van der Waals surface area contributed by atoms with Crippen LogP contribution in [0.5, 0.6) is 0 Å². The van der Waals surface area contributed by atoms with Crippen LogP contribution in [0.25, 0.3) is 10.9 Å². The van der Waals surface area contributed by atoms with Crippen LogP contribution in [-0.4, -0.2) is 33.0 Å². The van der Waals surface area contributed by atoms with Gasteiger partial charge in [-0.05, 0) is 18.2 Å². The molecule has 3 N–H and O–H groups in total. The number of hydrogen-bond donors (Lipinski definition) is 3. The number of fused-ring (bicyclic) bond motifs is 1. The summed E-state index contributed by atoms with van der Waals surface area (Å²) in [4.78, 5) is 50.4. The van der Waals surface area contributed by atoms with Gasteiger partial charge in [0.15, 0.2) is 0 Å². The average molecular weight is 396 g/mol. The number of amides is 3. The molecule has 1 heterocycles. The monoisotopic (exact) mass is 396 g/mol. The van der Waals surface area contributed by atoms with Crippen LogP contribution in [0.2, 0.25) is 0 Å². The second kappa shape index (κ2) is 8.71. The largest absolute Gasteiger partial charge is 0.325 e. The van der Waals surface area contributed by atoms with Crippen molar-refractivity contribution < 1.29 is 14.5 Å². The summed E-state index contributed by atoms with van der Waals surface area (Å²) in [6.07, 6.45) is 1.27. The van der Waals surface area contributed by atoms with Crippen molar-refractivity contribution >= 4 is 34.2 Å². The lowest BCUT2D eigenvalue weighted by Gasteiger charge is -2.09. The predicted molar refractivity (Wildman–Crippen MR) is 104 cm³/mol. The average Bonchev–Trinajstić information content (AvgIpc) is 2.70. The number of carbonyl (C=O) groups excluding carboxylic acids is 2. The fourth-order valence-corrected chi connectivity index (χ4v) is 2.52. The van der Waals surface area contributed by atoms with E-state index in [0.29, 0.717) is 11.2 Å². The van der Waals surface area contributed by atoms with Crippen molar-refractivity contribution in [2.45, 2.75) is 6.67 Å². The number of para-hydroxylation sites is 1. The molecule has 148 valence electrons. The van der Waals surface area contributed by atoms with E-state index in [0.717, 1.165) is 6.07 Å². The molecule has 0 unspecified atom stereocenters. The molecular weight excluding hydrogens is 380 g/mol. The van der Waals surface area contributed by atoms with Crippen LogP contribution in [0.3, 0.4) is 0 Å². The Labute approximate surface area is 163 Å². The number of nitrogens with one attached hydrogen (secondary N) is 3. The van der Waals surface area contributed by atoms with E-state index in [9.17, 15) is 24.5 Å². The lowest BCUT2D eigenvalue weighted by molar-refractivity contribution is -0.384. The first-order valence-corrected chi connectivity index (χ1v) is 8.44. The van der Waals surface area contributed by atoms with Gasteiger partial charge in [0.05, 0.1) is 35.4 Å². The first-order valence-electron chi connectivity index (χ1n) is 8.44. The Morgan fingerprint density at radius 3 is 2.62 bits per heavy atom. The second-order valence-corrected chi connectivity index (χ2v) is 5.93. The predicted octanol–water partition coefficient (Wildman–Crippen LogP) is 1.20. The Balaban J connectivity index is 1.57. The molecule has 0 aliphatic rings. The summed E-state index contributed by atoms with van der Waals surface area (Å²) in [5, 5.41) is 18.3. The van der Waals surface area contributed by atoms with E-state index < -0.39 is 22.4 Å². The topological polar surface area (TPSA) is 148 Å². The quantitative estimate of drug-likeness (QED) is 0.419. The Hall–Kier alpha value is -4.12. The highest BCUT2D eigenvalue weighted by atomic mass is 16.6. The standard InChI is InChI=1S/C18H16N6O5/c25-16(22-18(27)21-12-4-2-1-3-5-12)9-19-10-23-11-20-15-7-6-13(24(28)29)8-14(15)17(23)26/h1-8,11,19H,9-10H2,(H2,21,22,25,27). The number of non-ortho nitro benzene ring substituents is 1. The molecule has 0 aliphatic carbocycles. The van der Waals surface area contributed by atoms with Gasteiger partial charge in [0, 0.05) is 17.8 Å². The molecule has 3 aromatic rings. The molecule has 0 aliphatic heterocycles. The SMILES string of the molecule is O=C(CNCn1cnc2ccc([N+](=O)[O-])cc2c1=O)NC(=O)Nc1ccccc1. The van der Waals surface area contributed by atoms with Crippen molar-refractivity contribution in [3.8, 4) is 0 Å². The highest BCUT2D eigenvalue weighted by Gasteiger charge is 2.11. The molecule has 0 saturated carbocycles. The smallest absolute Gasteiger partial charge is 0.308 e. The van der Waals surface area contributed by atoms with Crippen LogP contribution >= 0.6 is 0 Å². The number of benzene rings is 2. The first kappa shape index (κ1) is 19.6. The summed E-state index contributed by atoms with van der Waals surface area (Å²) in [7, 11) is 0. The van der Waals surface area contributed by atoms with Gasteiger partial charge >= 0.3 is 6.03 Å². The molecule has 11 nitrogen and oxygen atoms in total. The molecule has 1 aromatic heterocycles. The van der Waals surface area contributed by atoms with Crippen LogP contribution in [0.15, 0.2) is 59.7 Å². The van der Waals surface area contributed by atoms with Crippen LogP contribution < -0.4 is 21.5 Å². The Morgan fingerprint density at radius 2 is 1.90 bits per heavy atom. The normalized spacial score (nSPS) is 10.5. The van der Waals surface area contributed by atoms with E-state index in [1.807, 2.05) is 0 Å². The van der Waals surface area contributed by atoms with Crippen molar-refractivity contribution in [2.24, 2.45) is 0 Å². The van der Waals surface area contributed by atoms with Gasteiger partial charge in [-0.1, -0.05) is 18.2 Å². The summed E-state index contributed by atoms with van der Waals surface area (Å²) >= 11 is 0. The van der Waals surface area contributed by atoms with E-state index in [1.54, 1.807) is 30.3 Å². The maximum Gasteiger partial charge on any atom is 0.325 e. The molecule has 0 spiro atoms. The van der Waals surface area contributed by atoms with Gasteiger partial charge in [0.2, 0.25) is 5.91 Å². The third kappa shape index (κ3) is 4.99. The number of imide groups is 1. The molecule has 0 saturated heterocycles. The van der Waals surface area contributed by atoms with Gasteiger partial charge in [0.1, 0.15) is 0 Å². The van der Waals surface area contributed by atoms with Crippen molar-refractivity contribution in [1.82, 2.24) is 20.2 Å². The number of anilines is 1. The van der Waals surface area contributed by atoms with E-state index in [-0.39, 0.29) is 24.3 Å². The molecule has 0 radical (unpaired) electrons. The number of rotatable bonds is 6. The number of urea groups is 1. The van der Waals surface area contributed by atoms with Crippen LogP contribution in [0.4, 0.5) is 16.2 Å². The van der Waals surface area contributed by atoms with Gasteiger partial charge in [-0.15, -0.1) is 0 Å². The fraction of sp³-hybridized carbons (Fsp3) is 0.111. The van der Waals surface area contributed by atoms with Crippen molar-refractivity contribution in [3.63, 3.8) is 0 Å². The molecule has 3 rings (SSSR count). The van der Waals surface area contributed by atoms with Gasteiger partial charge < -0.3 is 5.32 Å². The molecule has 29 heavy (non-hydrogen) atoms. The number of carbonyl (C=O) groups is 2. The van der Waals surface area contributed by atoms with Crippen molar-refractivity contribution in [3.05, 3.63) is 75.3 Å². The number of aromatic nitrogens is 2. The molecule has 0 bridgehead atoms. The van der Waals surface area contributed by atoms with Crippen LogP contribution in [0, 0.1) is 10.1 Å². The lowest BCUT2D eigenvalue weighted by atomic mass is 10.2. The summed E-state index contributed by atoms with van der Waals surface area (Å²) in [5.41, 5.74) is 0.153. The van der Waals surface area contributed by atoms with E-state index in [4.69, 9.17) is 0 Å². The third-order valence-corrected chi connectivity index (χ3v) is 3.87. The van der Waals surface area contributed by atoms with E-state index in [1.165, 1.54) is 23.0 Å². The zero-order valence-corrected chi connectivity index (χ0v) is 15.0. The van der Waals surface area contributed by atoms with Gasteiger partial charge in [-0.3, -0.25) is 34.9 Å². The minimum absolute atomic E-state index is 0.0712. The van der Waals surface area contributed by atoms with Crippen molar-refractivity contribution in [1.29, 1.82) is 0 Å². The van der Waals surface area contributed by atoms with Crippen LogP contribution in [0.1, 0.15) is 0 Å². The van der Waals surface area contributed by atoms with Crippen LogP contribution in [-0.2, 0) is 11.5 Å². The number of hydrogen-bond acceptors (Lipinski definition) is 7. The molecule has 11 heteroatoms. The van der Waals surface area contributed by atoms with Gasteiger partial charge in [0.25, 0.3) is 11.2 Å². The summed E-state index contributed by atoms with van der Waals surface area (Å²) in [6.45, 7) is -0.306. The van der Waals surface area contributed by atoms with Crippen molar-refractivity contribution in [2.75, 3.05) is 11.9 Å². The van der Waals surface area contributed by atoms with Gasteiger partial charge in [-0.2, -0.15) is 0 Å². The second-order valence-electron chi connectivity index (χ2n) is 5.93. The maximum atomic E-state index is 12.5. The van der Waals surface area contributed by atoms with E-state index in [2.05, 4.69) is 20.9 Å². The zero-order chi connectivity index (χ0) is 20.8. The minimum Gasteiger partial charge on any atom is -0.308 e. The number of nitro benzene ring substituents is 1. The molecule has 0 fully saturated rings. The summed E-state index contributed by atoms with van der Waals surface area (Å²) < 4.78 is 1.17. The molecule has 0 atom stereocenters. The highest BCUT2D eigenvalue weighted by molar-refractivity contribution is 6.01. The zero-order valence-electron chi connectivity index (χ0n) is 15.0. The summed E-state index contributed by atoms with van der Waals surface area (Å²) in [5.74, 6) is -0.601. The number of nitrogens with zero attached hydrogens (tertiary/aromatic N) is 3. The molecule has 2 aromatic carbocycles. The maximum absolute atomic E-state index is 12.5. The molecule has 3 amide bonds. The highest BCUT2D eigenvalue weighted by Crippen LogP contribution is 2.16. The minimum atomic E-state index is -0.681. The molecular formula is C18H16N6O5. The Kier molecular flexibility index (Phi) is 5.90. The fourth-order valence-electron chi connectivity index (χ4n) is 2.52. The lowest BCUT2D eigenvalue weighted by Crippen LogP contribution is -2.41. The third-order valence-electron chi connectivity index (χ3n) is 3.87. The van der Waals surface area contributed by atoms with E-state index >= 15 is 0 Å². The Morgan fingerprint density at radius 1 is 1.14 bits per heavy atom. The number of nitro groups is 1. The summed E-state index contributed by atoms with van der Waals surface area (Å²) in [6, 6.07) is 11.7.